The highest BCUT2D eigenvalue weighted by molar-refractivity contribution is 7.89. The number of hydrogen-bond acceptors (Lipinski definition) is 6. The van der Waals surface area contributed by atoms with Crippen molar-refractivity contribution in [2.75, 3.05) is 51.7 Å². The van der Waals surface area contributed by atoms with Gasteiger partial charge in [0.05, 0.1) is 24.2 Å². The molecule has 8 nitrogen and oxygen atoms in total. The molecule has 1 heterocycles. The summed E-state index contributed by atoms with van der Waals surface area (Å²) >= 11 is 0. The summed E-state index contributed by atoms with van der Waals surface area (Å²) in [5, 5.41) is 6.09. The molecule has 0 radical (unpaired) electrons. The maximum absolute atomic E-state index is 12.7. The first-order valence-corrected chi connectivity index (χ1v) is 10.7. The van der Waals surface area contributed by atoms with Crippen LogP contribution in [0.5, 0.6) is 5.75 Å². The first kappa shape index (κ1) is 24.6. The molecule has 1 saturated heterocycles. The minimum absolute atomic E-state index is 0. The first-order chi connectivity index (χ1) is 12.8. The lowest BCUT2D eigenvalue weighted by Gasteiger charge is -2.33. The highest BCUT2D eigenvalue weighted by atomic mass is 35.5. The number of ether oxygens (including phenoxy) is 1. The Morgan fingerprint density at radius 3 is 2.61 bits per heavy atom. The van der Waals surface area contributed by atoms with Crippen LogP contribution in [0, 0.1) is 0 Å². The minimum atomic E-state index is -3.61. The number of carbonyl (C=O) groups excluding carboxylic acids is 1. The molecule has 28 heavy (non-hydrogen) atoms. The molecule has 0 bridgehead atoms. The van der Waals surface area contributed by atoms with E-state index in [0.717, 1.165) is 19.6 Å². The SMILES string of the molecule is CCN(CC)S(=O)(=O)c1ccc(OC)c(NC(=O)CN2CCNC[C@H]2C)c1.Cl. The third-order valence-corrected chi connectivity index (χ3v) is 6.82. The number of nitrogens with one attached hydrogen (secondary N) is 2. The van der Waals surface area contributed by atoms with Gasteiger partial charge >= 0.3 is 0 Å². The van der Waals surface area contributed by atoms with Crippen molar-refractivity contribution >= 4 is 34.0 Å². The lowest BCUT2D eigenvalue weighted by atomic mass is 10.2. The van der Waals surface area contributed by atoms with Crippen LogP contribution < -0.4 is 15.4 Å². The van der Waals surface area contributed by atoms with Crippen molar-refractivity contribution in [3.05, 3.63) is 18.2 Å². The fraction of sp³-hybridized carbons (Fsp3) is 0.611. The lowest BCUT2D eigenvalue weighted by Crippen LogP contribution is -2.52. The summed E-state index contributed by atoms with van der Waals surface area (Å²) in [4.78, 5) is 14.7. The minimum Gasteiger partial charge on any atom is -0.495 e. The third-order valence-electron chi connectivity index (χ3n) is 4.77. The summed E-state index contributed by atoms with van der Waals surface area (Å²) < 4.78 is 32.2. The Balaban J connectivity index is 0.00000392. The van der Waals surface area contributed by atoms with Crippen molar-refractivity contribution in [1.82, 2.24) is 14.5 Å². The quantitative estimate of drug-likeness (QED) is 0.642. The monoisotopic (exact) mass is 434 g/mol. The van der Waals surface area contributed by atoms with E-state index in [9.17, 15) is 13.2 Å². The fourth-order valence-electron chi connectivity index (χ4n) is 3.15. The van der Waals surface area contributed by atoms with E-state index in [4.69, 9.17) is 4.74 Å². The van der Waals surface area contributed by atoms with E-state index in [2.05, 4.69) is 22.5 Å². The molecule has 1 aliphatic heterocycles. The van der Waals surface area contributed by atoms with Gasteiger partial charge in [-0.05, 0) is 25.1 Å². The van der Waals surface area contributed by atoms with Gasteiger partial charge in [-0.15, -0.1) is 12.4 Å². The normalized spacial score (nSPS) is 17.8. The van der Waals surface area contributed by atoms with E-state index in [1.807, 2.05) is 0 Å². The fourth-order valence-corrected chi connectivity index (χ4v) is 4.63. The Morgan fingerprint density at radius 1 is 1.36 bits per heavy atom. The number of benzene rings is 1. The molecule has 1 fully saturated rings. The van der Waals surface area contributed by atoms with Crippen molar-refractivity contribution in [1.29, 1.82) is 0 Å². The average Bonchev–Trinajstić information content (AvgIpc) is 2.64. The molecule has 0 aromatic heterocycles. The Bertz CT molecular complexity index is 756. The van der Waals surface area contributed by atoms with Crippen molar-refractivity contribution in [2.24, 2.45) is 0 Å². The van der Waals surface area contributed by atoms with Gasteiger partial charge in [0.25, 0.3) is 0 Å². The molecule has 0 aliphatic carbocycles. The largest absolute Gasteiger partial charge is 0.495 e. The molecule has 1 amide bonds. The van der Waals surface area contributed by atoms with Gasteiger partial charge < -0.3 is 15.4 Å². The molecule has 2 N–H and O–H groups in total. The summed E-state index contributed by atoms with van der Waals surface area (Å²) in [5.74, 6) is 0.231. The number of sulfonamides is 1. The molecule has 0 spiro atoms. The van der Waals surface area contributed by atoms with Crippen molar-refractivity contribution < 1.29 is 17.9 Å². The van der Waals surface area contributed by atoms with Crippen LogP contribution in [0.2, 0.25) is 0 Å². The zero-order chi connectivity index (χ0) is 20.0. The molecule has 1 atom stereocenters. The van der Waals surface area contributed by atoms with Crippen LogP contribution in [-0.2, 0) is 14.8 Å². The first-order valence-electron chi connectivity index (χ1n) is 9.26. The predicted octanol–water partition coefficient (Wildman–Crippen LogP) is 1.38. The summed E-state index contributed by atoms with van der Waals surface area (Å²) in [6.45, 7) is 9.15. The molecule has 160 valence electrons. The molecule has 1 aromatic carbocycles. The van der Waals surface area contributed by atoms with E-state index >= 15 is 0 Å². The average molecular weight is 435 g/mol. The van der Waals surface area contributed by atoms with Crippen LogP contribution in [0.25, 0.3) is 0 Å². The number of rotatable bonds is 8. The summed E-state index contributed by atoms with van der Waals surface area (Å²) in [7, 11) is -2.12. The standard InChI is InChI=1S/C18H30N4O4S.ClH/c1-5-22(6-2)27(24,25)15-7-8-17(26-4)16(11-15)20-18(23)13-21-10-9-19-12-14(21)3;/h7-8,11,14,19H,5-6,9-10,12-13H2,1-4H3,(H,20,23);1H/t14-;/m1./s1. The van der Waals surface area contributed by atoms with Gasteiger partial charge in [-0.1, -0.05) is 13.8 Å². The van der Waals surface area contributed by atoms with Crippen molar-refractivity contribution in [3.8, 4) is 5.75 Å². The van der Waals surface area contributed by atoms with E-state index in [-0.39, 0.29) is 35.8 Å². The summed E-state index contributed by atoms with van der Waals surface area (Å²) in [5.41, 5.74) is 0.360. The van der Waals surface area contributed by atoms with Crippen LogP contribution in [-0.4, -0.2) is 76.0 Å². The number of halogens is 1. The van der Waals surface area contributed by atoms with Crippen molar-refractivity contribution in [3.63, 3.8) is 0 Å². The Morgan fingerprint density at radius 2 is 2.04 bits per heavy atom. The van der Waals surface area contributed by atoms with Crippen LogP contribution in [0.15, 0.2) is 23.1 Å². The van der Waals surface area contributed by atoms with Crippen LogP contribution in [0.4, 0.5) is 5.69 Å². The smallest absolute Gasteiger partial charge is 0.243 e. The molecule has 1 aromatic rings. The Hall–Kier alpha value is -1.39. The van der Waals surface area contributed by atoms with E-state index in [1.54, 1.807) is 19.9 Å². The zero-order valence-electron chi connectivity index (χ0n) is 16.9. The second-order valence-corrected chi connectivity index (χ2v) is 8.46. The Kier molecular flexibility index (Phi) is 9.65. The molecule has 0 unspecified atom stereocenters. The van der Waals surface area contributed by atoms with Gasteiger partial charge in [0.2, 0.25) is 15.9 Å². The number of piperazine rings is 1. The molecule has 2 rings (SSSR count). The molecular weight excluding hydrogens is 404 g/mol. The van der Waals surface area contributed by atoms with Gasteiger partial charge in [-0.3, -0.25) is 9.69 Å². The van der Waals surface area contributed by atoms with Gasteiger partial charge in [-0.2, -0.15) is 4.31 Å². The van der Waals surface area contributed by atoms with Crippen LogP contribution in [0.3, 0.4) is 0 Å². The highest BCUT2D eigenvalue weighted by Gasteiger charge is 2.24. The second kappa shape index (κ2) is 11.0. The number of nitrogens with zero attached hydrogens (tertiary/aromatic N) is 2. The number of hydrogen-bond donors (Lipinski definition) is 2. The van der Waals surface area contributed by atoms with Crippen molar-refractivity contribution in [2.45, 2.75) is 31.7 Å². The topological polar surface area (TPSA) is 91.0 Å². The number of anilines is 1. The van der Waals surface area contributed by atoms with Crippen LogP contribution in [0.1, 0.15) is 20.8 Å². The second-order valence-electron chi connectivity index (χ2n) is 6.52. The number of methoxy groups -OCH3 is 1. The molecule has 1 aliphatic rings. The Labute approximate surface area is 174 Å². The lowest BCUT2D eigenvalue weighted by molar-refractivity contribution is -0.118. The zero-order valence-corrected chi connectivity index (χ0v) is 18.5. The van der Waals surface area contributed by atoms with Gasteiger partial charge in [0.15, 0.2) is 0 Å². The summed E-state index contributed by atoms with van der Waals surface area (Å²) in [6, 6.07) is 4.80. The van der Waals surface area contributed by atoms with Gasteiger partial charge in [0, 0.05) is 38.8 Å². The van der Waals surface area contributed by atoms with E-state index in [1.165, 1.54) is 23.5 Å². The molecule has 0 saturated carbocycles. The molecular formula is C18H31ClN4O4S. The summed E-state index contributed by atoms with van der Waals surface area (Å²) in [6.07, 6.45) is 0. The highest BCUT2D eigenvalue weighted by Crippen LogP contribution is 2.29. The van der Waals surface area contributed by atoms with Gasteiger partial charge in [-0.25, -0.2) is 8.42 Å². The maximum atomic E-state index is 12.7. The molecule has 10 heteroatoms. The number of carbonyl (C=O) groups is 1. The van der Waals surface area contributed by atoms with E-state index in [0.29, 0.717) is 24.5 Å². The maximum Gasteiger partial charge on any atom is 0.243 e. The number of amides is 1. The third kappa shape index (κ3) is 5.81. The van der Waals surface area contributed by atoms with E-state index < -0.39 is 10.0 Å². The predicted molar refractivity (Wildman–Crippen MR) is 113 cm³/mol. The van der Waals surface area contributed by atoms with Crippen LogP contribution >= 0.6 is 12.4 Å². The van der Waals surface area contributed by atoms with Gasteiger partial charge in [0.1, 0.15) is 5.75 Å².